The Morgan fingerprint density at radius 3 is 2.58 bits per heavy atom. The summed E-state index contributed by atoms with van der Waals surface area (Å²) < 4.78 is 22.8. The normalized spacial score (nSPS) is 18.6. The lowest BCUT2D eigenvalue weighted by Crippen LogP contribution is -2.46. The second-order valence-corrected chi connectivity index (χ2v) is 7.95. The van der Waals surface area contributed by atoms with Crippen molar-refractivity contribution in [3.8, 4) is 11.5 Å². The predicted octanol–water partition coefficient (Wildman–Crippen LogP) is 3.18. The number of nitrogens with zero attached hydrogens (tertiary/aromatic N) is 1. The minimum atomic E-state index is -0.221. The summed E-state index contributed by atoms with van der Waals surface area (Å²) in [4.78, 5) is 14.9. The fourth-order valence-electron chi connectivity index (χ4n) is 3.90. The molecule has 8 heteroatoms. The smallest absolute Gasteiger partial charge is 0.315 e. The van der Waals surface area contributed by atoms with Gasteiger partial charge in [0.2, 0.25) is 0 Å². The fourth-order valence-corrected chi connectivity index (χ4v) is 3.90. The molecular formula is C23H31N3O5. The van der Waals surface area contributed by atoms with E-state index in [0.717, 1.165) is 48.1 Å². The minimum absolute atomic E-state index is 0.0308. The number of rotatable bonds is 6. The summed E-state index contributed by atoms with van der Waals surface area (Å²) >= 11 is 0. The average molecular weight is 430 g/mol. The molecule has 1 saturated heterocycles. The van der Waals surface area contributed by atoms with Crippen LogP contribution in [-0.4, -0.2) is 57.0 Å². The molecule has 0 aliphatic carbocycles. The second-order valence-electron chi connectivity index (χ2n) is 7.95. The zero-order valence-corrected chi connectivity index (χ0v) is 18.2. The van der Waals surface area contributed by atoms with Crippen LogP contribution in [0.25, 0.3) is 0 Å². The number of benzene rings is 1. The fraction of sp³-hybridized carbons (Fsp3) is 0.522. The number of urea groups is 1. The van der Waals surface area contributed by atoms with Crippen LogP contribution in [0, 0.1) is 6.92 Å². The van der Waals surface area contributed by atoms with Gasteiger partial charge < -0.3 is 29.3 Å². The second kappa shape index (κ2) is 10.1. The Labute approximate surface area is 182 Å². The van der Waals surface area contributed by atoms with Crippen molar-refractivity contribution >= 4 is 6.03 Å². The molecule has 0 saturated carbocycles. The van der Waals surface area contributed by atoms with Crippen LogP contribution >= 0.6 is 0 Å². The number of amides is 2. The number of aryl methyl sites for hydroxylation is 1. The van der Waals surface area contributed by atoms with Crippen LogP contribution in [0.5, 0.6) is 11.5 Å². The molecule has 8 nitrogen and oxygen atoms in total. The summed E-state index contributed by atoms with van der Waals surface area (Å²) in [5, 5.41) is 6.03. The molecule has 2 aliphatic heterocycles. The van der Waals surface area contributed by atoms with E-state index >= 15 is 0 Å². The van der Waals surface area contributed by atoms with Crippen LogP contribution in [0.3, 0.4) is 0 Å². The molecular weight excluding hydrogens is 398 g/mol. The van der Waals surface area contributed by atoms with Gasteiger partial charge in [-0.25, -0.2) is 4.79 Å². The van der Waals surface area contributed by atoms with Crippen molar-refractivity contribution in [2.45, 2.75) is 32.4 Å². The van der Waals surface area contributed by atoms with Gasteiger partial charge in [0.05, 0.1) is 38.5 Å². The molecule has 2 aromatic rings. The number of carbonyl (C=O) groups is 1. The lowest BCUT2D eigenvalue weighted by Gasteiger charge is -2.33. The van der Waals surface area contributed by atoms with Crippen LogP contribution in [0.1, 0.15) is 42.5 Å². The third-order valence-electron chi connectivity index (χ3n) is 5.65. The van der Waals surface area contributed by atoms with Crippen molar-refractivity contribution in [3.63, 3.8) is 0 Å². The van der Waals surface area contributed by atoms with E-state index in [-0.39, 0.29) is 18.1 Å². The van der Waals surface area contributed by atoms with Crippen molar-refractivity contribution in [2.24, 2.45) is 0 Å². The largest absolute Gasteiger partial charge is 0.490 e. The van der Waals surface area contributed by atoms with Crippen molar-refractivity contribution in [3.05, 3.63) is 47.4 Å². The number of ether oxygens (including phenoxy) is 3. The van der Waals surface area contributed by atoms with E-state index in [0.29, 0.717) is 33.0 Å². The number of nitrogens with one attached hydrogen (secondary N) is 2. The monoisotopic (exact) mass is 429 g/mol. The first kappa shape index (κ1) is 21.5. The molecule has 168 valence electrons. The Hall–Kier alpha value is -2.71. The molecule has 0 bridgehead atoms. The Kier molecular flexibility index (Phi) is 6.99. The van der Waals surface area contributed by atoms with Crippen LogP contribution in [0.2, 0.25) is 0 Å². The summed E-state index contributed by atoms with van der Waals surface area (Å²) in [6, 6.07) is 9.31. The van der Waals surface area contributed by atoms with E-state index in [1.165, 1.54) is 0 Å². The molecule has 2 amide bonds. The third-order valence-corrected chi connectivity index (χ3v) is 5.65. The van der Waals surface area contributed by atoms with E-state index in [2.05, 4.69) is 15.5 Å². The van der Waals surface area contributed by atoms with Gasteiger partial charge in [-0.2, -0.15) is 0 Å². The highest BCUT2D eigenvalue weighted by Gasteiger charge is 2.26. The number of hydrogen-bond donors (Lipinski definition) is 2. The summed E-state index contributed by atoms with van der Waals surface area (Å²) in [6.45, 7) is 8.60. The zero-order chi connectivity index (χ0) is 21.6. The van der Waals surface area contributed by atoms with Crippen molar-refractivity contribution in [2.75, 3.05) is 46.1 Å². The molecule has 2 N–H and O–H groups in total. The average Bonchev–Trinajstić information content (AvgIpc) is 3.06. The molecule has 1 fully saturated rings. The highest BCUT2D eigenvalue weighted by Crippen LogP contribution is 2.32. The summed E-state index contributed by atoms with van der Waals surface area (Å²) in [7, 11) is 0. The van der Waals surface area contributed by atoms with Crippen LogP contribution < -0.4 is 20.1 Å². The Bertz CT molecular complexity index is 878. The number of carbonyl (C=O) groups excluding carboxylic acids is 1. The van der Waals surface area contributed by atoms with Crippen LogP contribution in [0.15, 0.2) is 34.7 Å². The lowest BCUT2D eigenvalue weighted by molar-refractivity contribution is 0.0121. The molecule has 0 radical (unpaired) electrons. The molecule has 3 heterocycles. The van der Waals surface area contributed by atoms with E-state index in [1.807, 2.05) is 44.2 Å². The van der Waals surface area contributed by atoms with Gasteiger partial charge in [-0.15, -0.1) is 0 Å². The maximum Gasteiger partial charge on any atom is 0.315 e. The van der Waals surface area contributed by atoms with Gasteiger partial charge in [0, 0.05) is 26.1 Å². The first-order chi connectivity index (χ1) is 15.1. The first-order valence-corrected chi connectivity index (χ1v) is 10.9. The van der Waals surface area contributed by atoms with Gasteiger partial charge in [0.15, 0.2) is 11.5 Å². The highest BCUT2D eigenvalue weighted by molar-refractivity contribution is 5.74. The molecule has 0 spiro atoms. The Morgan fingerprint density at radius 1 is 1.06 bits per heavy atom. The number of fused-ring (bicyclic) bond motifs is 1. The quantitative estimate of drug-likeness (QED) is 0.734. The zero-order valence-electron chi connectivity index (χ0n) is 18.2. The predicted molar refractivity (Wildman–Crippen MR) is 116 cm³/mol. The standard InChI is InChI=1S/C23H31N3O5/c1-16-4-6-20(31-16)19(26-8-12-28-13-9-26)15-24-23(27)25-17(2)18-5-7-21-22(14-18)30-11-3-10-29-21/h4-7,14,17,19H,3,8-13,15H2,1-2H3,(H2,24,25,27). The maximum absolute atomic E-state index is 12.6. The van der Waals surface area contributed by atoms with E-state index in [4.69, 9.17) is 18.6 Å². The van der Waals surface area contributed by atoms with Gasteiger partial charge in [-0.05, 0) is 43.7 Å². The Balaban J connectivity index is 1.36. The van der Waals surface area contributed by atoms with Gasteiger partial charge >= 0.3 is 6.03 Å². The van der Waals surface area contributed by atoms with Crippen molar-refractivity contribution < 1.29 is 23.4 Å². The molecule has 1 aromatic carbocycles. The number of morpholine rings is 1. The van der Waals surface area contributed by atoms with E-state index in [1.54, 1.807) is 0 Å². The summed E-state index contributed by atoms with van der Waals surface area (Å²) in [5.74, 6) is 3.20. The third kappa shape index (κ3) is 5.51. The van der Waals surface area contributed by atoms with Crippen molar-refractivity contribution in [1.29, 1.82) is 0 Å². The lowest BCUT2D eigenvalue weighted by atomic mass is 10.1. The topological polar surface area (TPSA) is 85.2 Å². The number of hydrogen-bond acceptors (Lipinski definition) is 6. The molecule has 1 aromatic heterocycles. The molecule has 2 unspecified atom stereocenters. The van der Waals surface area contributed by atoms with E-state index < -0.39 is 0 Å². The van der Waals surface area contributed by atoms with Crippen molar-refractivity contribution in [1.82, 2.24) is 15.5 Å². The molecule has 2 atom stereocenters. The van der Waals surface area contributed by atoms with E-state index in [9.17, 15) is 4.79 Å². The Morgan fingerprint density at radius 2 is 1.84 bits per heavy atom. The summed E-state index contributed by atoms with van der Waals surface area (Å²) in [5.41, 5.74) is 0.964. The minimum Gasteiger partial charge on any atom is -0.490 e. The van der Waals surface area contributed by atoms with Crippen LogP contribution in [-0.2, 0) is 4.74 Å². The molecule has 2 aliphatic rings. The molecule has 31 heavy (non-hydrogen) atoms. The number of furan rings is 1. The van der Waals surface area contributed by atoms with Crippen LogP contribution in [0.4, 0.5) is 4.79 Å². The molecule has 4 rings (SSSR count). The van der Waals surface area contributed by atoms with Gasteiger partial charge in [-0.3, -0.25) is 4.90 Å². The van der Waals surface area contributed by atoms with Gasteiger partial charge in [-0.1, -0.05) is 6.07 Å². The van der Waals surface area contributed by atoms with Gasteiger partial charge in [0.1, 0.15) is 11.5 Å². The maximum atomic E-state index is 12.6. The SMILES string of the molecule is Cc1ccc(C(CNC(=O)NC(C)c2ccc3c(c2)OCCCO3)N2CCOCC2)o1. The first-order valence-electron chi connectivity index (χ1n) is 10.9. The summed E-state index contributed by atoms with van der Waals surface area (Å²) in [6.07, 6.45) is 0.861. The van der Waals surface area contributed by atoms with Gasteiger partial charge in [0.25, 0.3) is 0 Å². The highest BCUT2D eigenvalue weighted by atomic mass is 16.5.